The van der Waals surface area contributed by atoms with Crippen LogP contribution in [0.1, 0.15) is 30.1 Å². The van der Waals surface area contributed by atoms with E-state index in [9.17, 15) is 9.90 Å². The van der Waals surface area contributed by atoms with E-state index < -0.39 is 0 Å². The van der Waals surface area contributed by atoms with Crippen molar-refractivity contribution >= 4 is 5.91 Å². The summed E-state index contributed by atoms with van der Waals surface area (Å²) in [6, 6.07) is 6.60. The van der Waals surface area contributed by atoms with Gasteiger partial charge in [0, 0.05) is 24.7 Å². The summed E-state index contributed by atoms with van der Waals surface area (Å²) < 4.78 is 0. The summed E-state index contributed by atoms with van der Waals surface area (Å²) in [6.45, 7) is 3.44. The van der Waals surface area contributed by atoms with Crippen LogP contribution in [0.25, 0.3) is 0 Å². The Morgan fingerprint density at radius 2 is 2.33 bits per heavy atom. The van der Waals surface area contributed by atoms with Gasteiger partial charge < -0.3 is 15.7 Å². The number of likely N-dealkylation sites (tertiary alicyclic amines) is 1. The summed E-state index contributed by atoms with van der Waals surface area (Å²) >= 11 is 0. The van der Waals surface area contributed by atoms with Crippen LogP contribution in [-0.4, -0.2) is 35.0 Å². The summed E-state index contributed by atoms with van der Waals surface area (Å²) in [7, 11) is 0. The standard InChI is InChI=1S/C14H20N2O2/c1-10-5-6-16(12(7-10)9-15)14(18)11-3-2-4-13(17)8-11/h2-4,8,10,12,17H,5-7,9,15H2,1H3. The molecule has 1 fully saturated rings. The number of hydrogen-bond donors (Lipinski definition) is 2. The fourth-order valence-electron chi connectivity index (χ4n) is 2.55. The molecule has 2 rings (SSSR count). The molecule has 0 radical (unpaired) electrons. The second kappa shape index (κ2) is 5.40. The molecule has 1 saturated heterocycles. The van der Waals surface area contributed by atoms with Crippen LogP contribution in [0.2, 0.25) is 0 Å². The van der Waals surface area contributed by atoms with E-state index in [0.29, 0.717) is 18.0 Å². The Hall–Kier alpha value is -1.55. The SMILES string of the molecule is CC1CCN(C(=O)c2cccc(O)c2)C(CN)C1. The monoisotopic (exact) mass is 248 g/mol. The number of amides is 1. The maximum atomic E-state index is 12.4. The summed E-state index contributed by atoms with van der Waals surface area (Å²) in [5, 5.41) is 9.43. The molecule has 0 aliphatic carbocycles. The highest BCUT2D eigenvalue weighted by molar-refractivity contribution is 5.94. The highest BCUT2D eigenvalue weighted by Gasteiger charge is 2.29. The van der Waals surface area contributed by atoms with E-state index in [2.05, 4.69) is 6.92 Å². The summed E-state index contributed by atoms with van der Waals surface area (Å²) in [5.74, 6) is 0.704. The number of carbonyl (C=O) groups is 1. The zero-order valence-corrected chi connectivity index (χ0v) is 10.7. The lowest BCUT2D eigenvalue weighted by Crippen LogP contribution is -2.49. The molecule has 4 heteroatoms. The molecule has 2 unspecified atom stereocenters. The van der Waals surface area contributed by atoms with Crippen molar-refractivity contribution in [1.82, 2.24) is 4.90 Å². The van der Waals surface area contributed by atoms with E-state index in [1.165, 1.54) is 6.07 Å². The van der Waals surface area contributed by atoms with Crippen LogP contribution in [-0.2, 0) is 0 Å². The van der Waals surface area contributed by atoms with E-state index in [-0.39, 0.29) is 17.7 Å². The average molecular weight is 248 g/mol. The van der Waals surface area contributed by atoms with Crippen LogP contribution in [0, 0.1) is 5.92 Å². The van der Waals surface area contributed by atoms with Gasteiger partial charge in [-0.15, -0.1) is 0 Å². The highest BCUT2D eigenvalue weighted by atomic mass is 16.3. The lowest BCUT2D eigenvalue weighted by atomic mass is 9.92. The predicted molar refractivity (Wildman–Crippen MR) is 70.4 cm³/mol. The Morgan fingerprint density at radius 3 is 3.00 bits per heavy atom. The van der Waals surface area contributed by atoms with Crippen molar-refractivity contribution in [3.05, 3.63) is 29.8 Å². The molecule has 0 bridgehead atoms. The minimum atomic E-state index is -0.0340. The van der Waals surface area contributed by atoms with Crippen LogP contribution in [0.3, 0.4) is 0 Å². The van der Waals surface area contributed by atoms with Crippen molar-refractivity contribution < 1.29 is 9.90 Å². The molecule has 1 aliphatic rings. The Morgan fingerprint density at radius 1 is 1.56 bits per heavy atom. The first-order valence-corrected chi connectivity index (χ1v) is 6.42. The van der Waals surface area contributed by atoms with Crippen molar-refractivity contribution in [3.8, 4) is 5.75 Å². The Bertz CT molecular complexity index is 434. The minimum absolute atomic E-state index is 0.0340. The molecular weight excluding hydrogens is 228 g/mol. The van der Waals surface area contributed by atoms with Gasteiger partial charge in [0.25, 0.3) is 5.91 Å². The lowest BCUT2D eigenvalue weighted by molar-refractivity contribution is 0.0573. The van der Waals surface area contributed by atoms with E-state index in [1.807, 2.05) is 4.90 Å². The third-order valence-corrected chi connectivity index (χ3v) is 3.60. The molecule has 0 aromatic heterocycles. The van der Waals surface area contributed by atoms with Gasteiger partial charge >= 0.3 is 0 Å². The normalized spacial score (nSPS) is 24.0. The summed E-state index contributed by atoms with van der Waals surface area (Å²) in [6.07, 6.45) is 1.97. The van der Waals surface area contributed by atoms with E-state index >= 15 is 0 Å². The summed E-state index contributed by atoms with van der Waals surface area (Å²) in [5.41, 5.74) is 6.29. The molecule has 1 aromatic rings. The van der Waals surface area contributed by atoms with Gasteiger partial charge in [-0.2, -0.15) is 0 Å². The molecule has 1 amide bonds. The van der Waals surface area contributed by atoms with Gasteiger partial charge in [-0.3, -0.25) is 4.79 Å². The van der Waals surface area contributed by atoms with Crippen molar-refractivity contribution in [2.24, 2.45) is 11.7 Å². The fraction of sp³-hybridized carbons (Fsp3) is 0.500. The second-order valence-electron chi connectivity index (χ2n) is 5.07. The number of aromatic hydroxyl groups is 1. The third-order valence-electron chi connectivity index (χ3n) is 3.60. The number of carbonyl (C=O) groups excluding carboxylic acids is 1. The number of nitrogens with zero attached hydrogens (tertiary/aromatic N) is 1. The number of benzene rings is 1. The van der Waals surface area contributed by atoms with Crippen molar-refractivity contribution in [3.63, 3.8) is 0 Å². The fourth-order valence-corrected chi connectivity index (χ4v) is 2.55. The quantitative estimate of drug-likeness (QED) is 0.835. The first-order valence-electron chi connectivity index (χ1n) is 6.42. The number of rotatable bonds is 2. The summed E-state index contributed by atoms with van der Waals surface area (Å²) in [4.78, 5) is 14.2. The number of hydrogen-bond acceptors (Lipinski definition) is 3. The topological polar surface area (TPSA) is 66.6 Å². The molecule has 3 N–H and O–H groups in total. The lowest BCUT2D eigenvalue weighted by Gasteiger charge is -2.38. The van der Waals surface area contributed by atoms with Gasteiger partial charge in [0.2, 0.25) is 0 Å². The van der Waals surface area contributed by atoms with Crippen LogP contribution < -0.4 is 5.73 Å². The number of piperidine rings is 1. The Labute approximate surface area is 107 Å². The molecule has 1 aromatic carbocycles. The third kappa shape index (κ3) is 2.64. The van der Waals surface area contributed by atoms with Gasteiger partial charge in [0.05, 0.1) is 0 Å². The van der Waals surface area contributed by atoms with Gasteiger partial charge in [0.15, 0.2) is 0 Å². The van der Waals surface area contributed by atoms with Gasteiger partial charge in [-0.05, 0) is 37.0 Å². The zero-order valence-electron chi connectivity index (χ0n) is 10.7. The van der Waals surface area contributed by atoms with Crippen LogP contribution in [0.15, 0.2) is 24.3 Å². The number of phenols is 1. The number of phenolic OH excluding ortho intramolecular Hbond substituents is 1. The Kier molecular flexibility index (Phi) is 3.87. The number of nitrogens with two attached hydrogens (primary N) is 1. The van der Waals surface area contributed by atoms with Crippen LogP contribution >= 0.6 is 0 Å². The minimum Gasteiger partial charge on any atom is -0.508 e. The molecule has 18 heavy (non-hydrogen) atoms. The van der Waals surface area contributed by atoms with E-state index in [0.717, 1.165) is 19.4 Å². The molecule has 0 saturated carbocycles. The average Bonchev–Trinajstić information content (AvgIpc) is 2.37. The molecule has 1 aliphatic heterocycles. The first-order chi connectivity index (χ1) is 8.61. The van der Waals surface area contributed by atoms with Gasteiger partial charge in [-0.1, -0.05) is 13.0 Å². The van der Waals surface area contributed by atoms with Crippen molar-refractivity contribution in [2.45, 2.75) is 25.8 Å². The second-order valence-corrected chi connectivity index (χ2v) is 5.07. The van der Waals surface area contributed by atoms with Crippen molar-refractivity contribution in [2.75, 3.05) is 13.1 Å². The maximum Gasteiger partial charge on any atom is 0.254 e. The van der Waals surface area contributed by atoms with E-state index in [4.69, 9.17) is 5.73 Å². The molecule has 4 nitrogen and oxygen atoms in total. The molecule has 0 spiro atoms. The predicted octanol–water partition coefficient (Wildman–Crippen LogP) is 1.59. The maximum absolute atomic E-state index is 12.4. The van der Waals surface area contributed by atoms with Gasteiger partial charge in [-0.25, -0.2) is 0 Å². The van der Waals surface area contributed by atoms with Crippen LogP contribution in [0.4, 0.5) is 0 Å². The van der Waals surface area contributed by atoms with Crippen LogP contribution in [0.5, 0.6) is 5.75 Å². The molecule has 1 heterocycles. The van der Waals surface area contributed by atoms with Gasteiger partial charge in [0.1, 0.15) is 5.75 Å². The molecule has 98 valence electrons. The zero-order chi connectivity index (χ0) is 13.1. The first kappa shape index (κ1) is 12.9. The Balaban J connectivity index is 2.17. The smallest absolute Gasteiger partial charge is 0.254 e. The largest absolute Gasteiger partial charge is 0.508 e. The molecule has 2 atom stereocenters. The van der Waals surface area contributed by atoms with Crippen molar-refractivity contribution in [1.29, 1.82) is 0 Å². The van der Waals surface area contributed by atoms with E-state index in [1.54, 1.807) is 18.2 Å². The highest BCUT2D eigenvalue weighted by Crippen LogP contribution is 2.24. The molecular formula is C14H20N2O2.